The SMILES string of the molecule is O=C(Cc1n[nH]c(=O)c2ccccc12)OC(C(=O)N1CCOCC1)c1ccccc1. The fourth-order valence-electron chi connectivity index (χ4n) is 3.45. The van der Waals surface area contributed by atoms with E-state index in [1.807, 2.05) is 6.07 Å². The molecular formula is C22H21N3O5. The molecule has 1 aliphatic rings. The normalized spacial score (nSPS) is 15.0. The summed E-state index contributed by atoms with van der Waals surface area (Å²) in [6.07, 6.45) is -1.22. The number of nitrogens with one attached hydrogen (secondary N) is 1. The Labute approximate surface area is 172 Å². The molecule has 8 heteroatoms. The highest BCUT2D eigenvalue weighted by molar-refractivity contribution is 5.89. The Morgan fingerprint density at radius 2 is 1.70 bits per heavy atom. The van der Waals surface area contributed by atoms with Gasteiger partial charge in [0, 0.05) is 24.0 Å². The maximum Gasteiger partial charge on any atom is 0.313 e. The molecule has 0 spiro atoms. The van der Waals surface area contributed by atoms with Crippen molar-refractivity contribution in [2.45, 2.75) is 12.5 Å². The molecule has 2 heterocycles. The summed E-state index contributed by atoms with van der Waals surface area (Å²) in [5, 5.41) is 7.44. The van der Waals surface area contributed by atoms with Gasteiger partial charge in [0.15, 0.2) is 0 Å². The standard InChI is InChI=1S/C22H21N3O5/c26-19(14-18-16-8-4-5-9-17(16)21(27)24-23-18)30-20(15-6-2-1-3-7-15)22(28)25-10-12-29-13-11-25/h1-9,20H,10-14H2,(H,24,27). The van der Waals surface area contributed by atoms with Crippen LogP contribution >= 0.6 is 0 Å². The molecule has 1 unspecified atom stereocenters. The number of aromatic amines is 1. The van der Waals surface area contributed by atoms with E-state index in [1.54, 1.807) is 53.4 Å². The minimum Gasteiger partial charge on any atom is -0.447 e. The first kappa shape index (κ1) is 19.8. The minimum atomic E-state index is -1.05. The van der Waals surface area contributed by atoms with Crippen molar-refractivity contribution in [2.75, 3.05) is 26.3 Å². The Kier molecular flexibility index (Phi) is 5.85. The molecule has 3 aromatic rings. The Balaban J connectivity index is 1.57. The number of carbonyl (C=O) groups is 2. The van der Waals surface area contributed by atoms with Crippen molar-refractivity contribution >= 4 is 22.6 Å². The summed E-state index contributed by atoms with van der Waals surface area (Å²) < 4.78 is 10.9. The monoisotopic (exact) mass is 407 g/mol. The van der Waals surface area contributed by atoms with E-state index in [-0.39, 0.29) is 17.9 Å². The van der Waals surface area contributed by atoms with Gasteiger partial charge in [-0.3, -0.25) is 14.4 Å². The average molecular weight is 407 g/mol. The van der Waals surface area contributed by atoms with Crippen LogP contribution in [0.2, 0.25) is 0 Å². The van der Waals surface area contributed by atoms with Gasteiger partial charge in [-0.05, 0) is 6.07 Å². The lowest BCUT2D eigenvalue weighted by Gasteiger charge is -2.30. The summed E-state index contributed by atoms with van der Waals surface area (Å²) in [5.74, 6) is -0.882. The summed E-state index contributed by atoms with van der Waals surface area (Å²) in [4.78, 5) is 39.4. The smallest absolute Gasteiger partial charge is 0.313 e. The number of rotatable bonds is 5. The third-order valence-electron chi connectivity index (χ3n) is 4.99. The van der Waals surface area contributed by atoms with Gasteiger partial charge in [-0.15, -0.1) is 0 Å². The molecule has 0 saturated carbocycles. The molecule has 1 amide bonds. The average Bonchev–Trinajstić information content (AvgIpc) is 2.80. The lowest BCUT2D eigenvalue weighted by molar-refractivity contribution is -0.162. The third-order valence-corrected chi connectivity index (χ3v) is 4.99. The molecule has 30 heavy (non-hydrogen) atoms. The predicted octanol–water partition coefficient (Wildman–Crippen LogP) is 1.61. The second-order valence-corrected chi connectivity index (χ2v) is 6.94. The topological polar surface area (TPSA) is 102 Å². The van der Waals surface area contributed by atoms with E-state index in [0.717, 1.165) is 0 Å². The molecule has 0 aliphatic carbocycles. The lowest BCUT2D eigenvalue weighted by atomic mass is 10.1. The maximum absolute atomic E-state index is 13.1. The van der Waals surface area contributed by atoms with E-state index in [4.69, 9.17) is 9.47 Å². The van der Waals surface area contributed by atoms with Gasteiger partial charge < -0.3 is 14.4 Å². The van der Waals surface area contributed by atoms with Gasteiger partial charge in [0.1, 0.15) is 0 Å². The van der Waals surface area contributed by atoms with Crippen LogP contribution in [0.15, 0.2) is 59.4 Å². The van der Waals surface area contributed by atoms with Gasteiger partial charge in [-0.2, -0.15) is 5.10 Å². The van der Waals surface area contributed by atoms with Gasteiger partial charge in [0.05, 0.1) is 30.7 Å². The van der Waals surface area contributed by atoms with Crippen molar-refractivity contribution in [3.63, 3.8) is 0 Å². The number of H-pyrrole nitrogens is 1. The van der Waals surface area contributed by atoms with E-state index in [9.17, 15) is 14.4 Å². The van der Waals surface area contributed by atoms with E-state index in [0.29, 0.717) is 48.3 Å². The summed E-state index contributed by atoms with van der Waals surface area (Å²) in [5.41, 5.74) is 0.662. The lowest BCUT2D eigenvalue weighted by Crippen LogP contribution is -2.44. The first-order chi connectivity index (χ1) is 14.6. The highest BCUT2D eigenvalue weighted by atomic mass is 16.5. The summed E-state index contributed by atoms with van der Waals surface area (Å²) in [6.45, 7) is 1.81. The van der Waals surface area contributed by atoms with Crippen LogP contribution in [-0.2, 0) is 25.5 Å². The van der Waals surface area contributed by atoms with E-state index < -0.39 is 12.1 Å². The van der Waals surface area contributed by atoms with E-state index >= 15 is 0 Å². The van der Waals surface area contributed by atoms with E-state index in [2.05, 4.69) is 10.2 Å². The quantitative estimate of drug-likeness (QED) is 0.645. The number of ether oxygens (including phenoxy) is 2. The molecule has 8 nitrogen and oxygen atoms in total. The van der Waals surface area contributed by atoms with Crippen molar-refractivity contribution in [2.24, 2.45) is 0 Å². The van der Waals surface area contributed by atoms with Crippen LogP contribution in [0.3, 0.4) is 0 Å². The third kappa shape index (κ3) is 4.23. The second-order valence-electron chi connectivity index (χ2n) is 6.94. The van der Waals surface area contributed by atoms with Gasteiger partial charge in [-0.25, -0.2) is 5.10 Å². The van der Waals surface area contributed by atoms with Crippen LogP contribution in [0.1, 0.15) is 17.4 Å². The largest absolute Gasteiger partial charge is 0.447 e. The number of fused-ring (bicyclic) bond motifs is 1. The zero-order chi connectivity index (χ0) is 20.9. The zero-order valence-electron chi connectivity index (χ0n) is 16.2. The van der Waals surface area contributed by atoms with Gasteiger partial charge >= 0.3 is 5.97 Å². The van der Waals surface area contributed by atoms with Crippen LogP contribution in [0.5, 0.6) is 0 Å². The number of hydrogen-bond acceptors (Lipinski definition) is 6. The first-order valence-corrected chi connectivity index (χ1v) is 9.71. The zero-order valence-corrected chi connectivity index (χ0v) is 16.2. The fourth-order valence-corrected chi connectivity index (χ4v) is 3.45. The van der Waals surface area contributed by atoms with Crippen LogP contribution in [0, 0.1) is 0 Å². The highest BCUT2D eigenvalue weighted by Gasteiger charge is 2.30. The van der Waals surface area contributed by atoms with Gasteiger partial charge in [-0.1, -0.05) is 48.5 Å². The second kappa shape index (κ2) is 8.87. The molecule has 1 saturated heterocycles. The molecule has 1 atom stereocenters. The molecule has 1 N–H and O–H groups in total. The number of morpholine rings is 1. The van der Waals surface area contributed by atoms with Crippen molar-refractivity contribution in [3.8, 4) is 0 Å². The molecule has 154 valence electrons. The van der Waals surface area contributed by atoms with Crippen LogP contribution in [0.4, 0.5) is 0 Å². The Morgan fingerprint density at radius 1 is 1.03 bits per heavy atom. The molecule has 1 aliphatic heterocycles. The number of carbonyl (C=O) groups excluding carboxylic acids is 2. The number of hydrogen-bond donors (Lipinski definition) is 1. The molecule has 1 aromatic heterocycles. The van der Waals surface area contributed by atoms with Crippen molar-refractivity contribution in [3.05, 3.63) is 76.2 Å². The Hall–Kier alpha value is -3.52. The molecule has 4 rings (SSSR count). The Bertz CT molecular complexity index is 1110. The Morgan fingerprint density at radius 3 is 2.43 bits per heavy atom. The molecule has 2 aromatic carbocycles. The highest BCUT2D eigenvalue weighted by Crippen LogP contribution is 2.22. The van der Waals surface area contributed by atoms with Crippen LogP contribution in [-0.4, -0.2) is 53.3 Å². The number of benzene rings is 2. The number of amides is 1. The number of nitrogens with zero attached hydrogens (tertiary/aromatic N) is 2. The van der Waals surface area contributed by atoms with Crippen LogP contribution < -0.4 is 5.56 Å². The number of esters is 1. The fraction of sp³-hybridized carbons (Fsp3) is 0.273. The predicted molar refractivity (Wildman–Crippen MR) is 109 cm³/mol. The van der Waals surface area contributed by atoms with Crippen molar-refractivity contribution in [1.82, 2.24) is 15.1 Å². The molecule has 0 radical (unpaired) electrons. The molecular weight excluding hydrogens is 386 g/mol. The minimum absolute atomic E-state index is 0.170. The summed E-state index contributed by atoms with van der Waals surface area (Å²) in [7, 11) is 0. The van der Waals surface area contributed by atoms with Gasteiger partial charge in [0.25, 0.3) is 11.5 Å². The maximum atomic E-state index is 13.1. The van der Waals surface area contributed by atoms with E-state index in [1.165, 1.54) is 0 Å². The van der Waals surface area contributed by atoms with Crippen molar-refractivity contribution in [1.29, 1.82) is 0 Å². The summed E-state index contributed by atoms with van der Waals surface area (Å²) in [6, 6.07) is 15.8. The molecule has 0 bridgehead atoms. The van der Waals surface area contributed by atoms with Crippen LogP contribution in [0.25, 0.3) is 10.8 Å². The summed E-state index contributed by atoms with van der Waals surface area (Å²) >= 11 is 0. The van der Waals surface area contributed by atoms with Gasteiger partial charge in [0.2, 0.25) is 6.10 Å². The number of aromatic nitrogens is 2. The molecule has 1 fully saturated rings. The van der Waals surface area contributed by atoms with Crippen molar-refractivity contribution < 1.29 is 19.1 Å². The first-order valence-electron chi connectivity index (χ1n) is 9.71.